The maximum atomic E-state index is 12.9. The van der Waals surface area contributed by atoms with Gasteiger partial charge in [0, 0.05) is 18.5 Å². The molecule has 0 spiro atoms. The van der Waals surface area contributed by atoms with Crippen LogP contribution in [0, 0.1) is 0 Å². The van der Waals surface area contributed by atoms with E-state index in [1.807, 2.05) is 44.2 Å². The second-order valence-corrected chi connectivity index (χ2v) is 8.34. The minimum atomic E-state index is -0.499. The fourth-order valence-electron chi connectivity index (χ4n) is 3.33. The third-order valence-corrected chi connectivity index (χ3v) is 5.07. The molecule has 0 atom stereocenters. The van der Waals surface area contributed by atoms with E-state index in [1.54, 1.807) is 54.6 Å². The van der Waals surface area contributed by atoms with Crippen molar-refractivity contribution >= 4 is 17.9 Å². The molecule has 2 amide bonds. The minimum Gasteiger partial charge on any atom is -0.493 e. The number of hydrogen-bond donors (Lipinski definition) is 3. The predicted molar refractivity (Wildman–Crippen MR) is 140 cm³/mol. The molecule has 0 unspecified atom stereocenters. The quantitative estimate of drug-likeness (QED) is 0.335. The molecule has 0 bridgehead atoms. The number of amides is 2. The lowest BCUT2D eigenvalue weighted by Crippen LogP contribution is -2.36. The van der Waals surface area contributed by atoms with Crippen molar-refractivity contribution in [2.45, 2.75) is 26.4 Å². The van der Waals surface area contributed by atoms with Crippen LogP contribution in [0.1, 0.15) is 35.3 Å². The van der Waals surface area contributed by atoms with Crippen molar-refractivity contribution in [1.29, 1.82) is 0 Å². The predicted octanol–water partition coefficient (Wildman–Crippen LogP) is 3.97. The first-order chi connectivity index (χ1) is 17.4. The van der Waals surface area contributed by atoms with E-state index in [0.717, 1.165) is 6.42 Å². The van der Waals surface area contributed by atoms with E-state index in [2.05, 4.69) is 10.6 Å². The summed E-state index contributed by atoms with van der Waals surface area (Å²) in [5.41, 5.74) is 2.35. The van der Waals surface area contributed by atoms with Crippen molar-refractivity contribution in [3.05, 3.63) is 101 Å². The number of hydrogen-bond acceptors (Lipinski definition) is 5. The molecule has 7 nitrogen and oxygen atoms in total. The van der Waals surface area contributed by atoms with Crippen LogP contribution in [-0.4, -0.2) is 42.8 Å². The van der Waals surface area contributed by atoms with E-state index < -0.39 is 11.8 Å². The summed E-state index contributed by atoms with van der Waals surface area (Å²) in [6.45, 7) is 4.27. The molecule has 3 rings (SSSR count). The number of aliphatic hydroxyl groups is 1. The summed E-state index contributed by atoms with van der Waals surface area (Å²) < 4.78 is 11.4. The molecule has 36 heavy (non-hydrogen) atoms. The molecule has 0 aliphatic rings. The normalized spacial score (nSPS) is 11.2. The van der Waals surface area contributed by atoms with Gasteiger partial charge in [-0.05, 0) is 67.4 Å². The zero-order valence-corrected chi connectivity index (χ0v) is 20.6. The summed E-state index contributed by atoms with van der Waals surface area (Å²) in [7, 11) is 0. The zero-order chi connectivity index (χ0) is 25.8. The maximum Gasteiger partial charge on any atom is 0.267 e. The van der Waals surface area contributed by atoms with Crippen LogP contribution < -0.4 is 20.1 Å². The van der Waals surface area contributed by atoms with Gasteiger partial charge in [-0.2, -0.15) is 0 Å². The van der Waals surface area contributed by atoms with Gasteiger partial charge < -0.3 is 25.2 Å². The second kappa shape index (κ2) is 13.7. The maximum absolute atomic E-state index is 12.9. The molecule has 0 saturated carbocycles. The molecular formula is C29H32N2O5. The molecule has 7 heteroatoms. The Morgan fingerprint density at radius 1 is 0.917 bits per heavy atom. The minimum absolute atomic E-state index is 0.0474. The van der Waals surface area contributed by atoms with Crippen LogP contribution in [0.4, 0.5) is 0 Å². The van der Waals surface area contributed by atoms with E-state index in [4.69, 9.17) is 14.6 Å². The van der Waals surface area contributed by atoms with E-state index >= 15 is 0 Å². The highest BCUT2D eigenvalue weighted by atomic mass is 16.5. The van der Waals surface area contributed by atoms with Gasteiger partial charge in [0.05, 0.1) is 19.3 Å². The van der Waals surface area contributed by atoms with Gasteiger partial charge >= 0.3 is 0 Å². The molecule has 0 fully saturated rings. The number of benzene rings is 3. The highest BCUT2D eigenvalue weighted by Crippen LogP contribution is 2.17. The molecule has 0 aromatic heterocycles. The number of rotatable bonds is 12. The molecule has 0 heterocycles. The lowest BCUT2D eigenvalue weighted by Gasteiger charge is -2.12. The molecule has 0 aliphatic carbocycles. The van der Waals surface area contributed by atoms with Gasteiger partial charge in [-0.15, -0.1) is 0 Å². The van der Waals surface area contributed by atoms with Crippen LogP contribution in [0.2, 0.25) is 0 Å². The van der Waals surface area contributed by atoms with Gasteiger partial charge in [-0.1, -0.05) is 42.5 Å². The van der Waals surface area contributed by atoms with Gasteiger partial charge in [0.1, 0.15) is 17.2 Å². The summed E-state index contributed by atoms with van der Waals surface area (Å²) >= 11 is 0. The first-order valence-corrected chi connectivity index (χ1v) is 11.9. The van der Waals surface area contributed by atoms with Gasteiger partial charge in [-0.25, -0.2) is 0 Å². The highest BCUT2D eigenvalue weighted by molar-refractivity contribution is 6.05. The van der Waals surface area contributed by atoms with Crippen molar-refractivity contribution in [3.8, 4) is 11.5 Å². The van der Waals surface area contributed by atoms with Crippen molar-refractivity contribution in [2.24, 2.45) is 0 Å². The van der Waals surface area contributed by atoms with E-state index in [9.17, 15) is 9.59 Å². The van der Waals surface area contributed by atoms with Gasteiger partial charge in [-0.3, -0.25) is 9.59 Å². The SMILES string of the molecule is CC(C)Oc1ccc(/C=C(\NC(=O)c2ccc(OCCc3ccccc3)cc2)C(=O)NCCO)cc1. The van der Waals surface area contributed by atoms with Gasteiger partial charge in [0.15, 0.2) is 0 Å². The number of carbonyl (C=O) groups excluding carboxylic acids is 2. The van der Waals surface area contributed by atoms with Crippen LogP contribution in [0.25, 0.3) is 6.08 Å². The Bertz CT molecular complexity index is 1140. The summed E-state index contributed by atoms with van der Waals surface area (Å²) in [4.78, 5) is 25.5. The van der Waals surface area contributed by atoms with Crippen molar-refractivity contribution in [3.63, 3.8) is 0 Å². The Morgan fingerprint density at radius 2 is 1.58 bits per heavy atom. The molecular weight excluding hydrogens is 456 g/mol. The lowest BCUT2D eigenvalue weighted by molar-refractivity contribution is -0.117. The molecule has 3 aromatic rings. The number of aliphatic hydroxyl groups excluding tert-OH is 1. The molecule has 0 radical (unpaired) electrons. The fourth-order valence-corrected chi connectivity index (χ4v) is 3.33. The zero-order valence-electron chi connectivity index (χ0n) is 20.6. The molecule has 0 saturated heterocycles. The summed E-state index contributed by atoms with van der Waals surface area (Å²) in [5.74, 6) is 0.433. The average Bonchev–Trinajstić information content (AvgIpc) is 2.88. The number of ether oxygens (including phenoxy) is 2. The standard InChI is InChI=1S/C29H32N2O5/c1-21(2)36-26-12-8-23(9-13-26)20-27(29(34)30-17-18-32)31-28(33)24-10-14-25(15-11-24)35-19-16-22-6-4-3-5-7-22/h3-15,20-21,32H,16-19H2,1-2H3,(H,30,34)(H,31,33)/b27-20-. The van der Waals surface area contributed by atoms with Gasteiger partial charge in [0.2, 0.25) is 0 Å². The first kappa shape index (κ1) is 26.5. The molecule has 3 N–H and O–H groups in total. The summed E-state index contributed by atoms with van der Waals surface area (Å²) in [6.07, 6.45) is 2.40. The van der Waals surface area contributed by atoms with Crippen LogP contribution in [0.3, 0.4) is 0 Å². The Hall–Kier alpha value is -4.10. The topological polar surface area (TPSA) is 96.9 Å². The summed E-state index contributed by atoms with van der Waals surface area (Å²) in [5, 5.41) is 14.3. The average molecular weight is 489 g/mol. The second-order valence-electron chi connectivity index (χ2n) is 8.34. The fraction of sp³-hybridized carbons (Fsp3) is 0.241. The van der Waals surface area contributed by atoms with Gasteiger partial charge in [0.25, 0.3) is 11.8 Å². The third-order valence-electron chi connectivity index (χ3n) is 5.07. The monoisotopic (exact) mass is 488 g/mol. The Morgan fingerprint density at radius 3 is 2.22 bits per heavy atom. The van der Waals surface area contributed by atoms with E-state index in [-0.39, 0.29) is 25.0 Å². The van der Waals surface area contributed by atoms with Crippen molar-refractivity contribution in [2.75, 3.05) is 19.8 Å². The van der Waals surface area contributed by atoms with Crippen molar-refractivity contribution < 1.29 is 24.2 Å². The lowest BCUT2D eigenvalue weighted by atomic mass is 10.1. The Labute approximate surface area is 211 Å². The highest BCUT2D eigenvalue weighted by Gasteiger charge is 2.15. The molecule has 0 aliphatic heterocycles. The Balaban J connectivity index is 1.65. The van der Waals surface area contributed by atoms with Crippen LogP contribution in [-0.2, 0) is 11.2 Å². The van der Waals surface area contributed by atoms with E-state index in [0.29, 0.717) is 29.2 Å². The third kappa shape index (κ3) is 8.60. The van der Waals surface area contributed by atoms with Crippen LogP contribution in [0.5, 0.6) is 11.5 Å². The molecule has 188 valence electrons. The Kier molecular flexibility index (Phi) is 10.1. The van der Waals surface area contributed by atoms with Crippen LogP contribution >= 0.6 is 0 Å². The number of nitrogens with one attached hydrogen (secondary N) is 2. The molecule has 3 aromatic carbocycles. The summed E-state index contributed by atoms with van der Waals surface area (Å²) in [6, 6.07) is 24.0. The van der Waals surface area contributed by atoms with Crippen molar-refractivity contribution in [1.82, 2.24) is 10.6 Å². The van der Waals surface area contributed by atoms with E-state index in [1.165, 1.54) is 5.56 Å². The smallest absolute Gasteiger partial charge is 0.267 e. The van der Waals surface area contributed by atoms with Crippen LogP contribution in [0.15, 0.2) is 84.6 Å². The number of carbonyl (C=O) groups is 2. The largest absolute Gasteiger partial charge is 0.493 e. The first-order valence-electron chi connectivity index (χ1n) is 11.9.